The van der Waals surface area contributed by atoms with Gasteiger partial charge in [-0.3, -0.25) is 0 Å². The van der Waals surface area contributed by atoms with Crippen LogP contribution in [0.2, 0.25) is 0 Å². The predicted octanol–water partition coefficient (Wildman–Crippen LogP) is 2.80. The second-order valence-corrected chi connectivity index (χ2v) is 7.11. The Morgan fingerprint density at radius 3 is 2.59 bits per heavy atom. The van der Waals surface area contributed by atoms with Gasteiger partial charge in [0.25, 0.3) is 0 Å². The van der Waals surface area contributed by atoms with E-state index in [1.165, 1.54) is 51.4 Å². The fraction of sp³-hybridized carbons (Fsp3) is 1.00. The summed E-state index contributed by atoms with van der Waals surface area (Å²) in [6.07, 6.45) is 12.6. The third kappa shape index (κ3) is 3.62. The average Bonchev–Trinajstić information content (AvgIpc) is 2.85. The minimum absolute atomic E-state index is 0.204. The van der Waals surface area contributed by atoms with Crippen molar-refractivity contribution >= 4 is 11.8 Å². The Balaban J connectivity index is 1.76. The van der Waals surface area contributed by atoms with E-state index in [2.05, 4.69) is 11.6 Å². The Morgan fingerprint density at radius 2 is 2.00 bits per heavy atom. The van der Waals surface area contributed by atoms with Crippen LogP contribution < -0.4 is 5.32 Å². The highest BCUT2D eigenvalue weighted by Crippen LogP contribution is 2.36. The first-order valence-corrected chi connectivity index (χ1v) is 8.44. The summed E-state index contributed by atoms with van der Waals surface area (Å²) in [5.41, 5.74) is 0.204. The van der Waals surface area contributed by atoms with Crippen molar-refractivity contribution in [3.8, 4) is 0 Å². The van der Waals surface area contributed by atoms with Crippen molar-refractivity contribution in [3.05, 3.63) is 0 Å². The third-order valence-corrected chi connectivity index (χ3v) is 5.83. The summed E-state index contributed by atoms with van der Waals surface area (Å²) in [4.78, 5) is 0. The van der Waals surface area contributed by atoms with Gasteiger partial charge in [0, 0.05) is 29.9 Å². The van der Waals surface area contributed by atoms with Gasteiger partial charge in [0.05, 0.1) is 0 Å². The molecular formula is C14H27NOS. The molecular weight excluding hydrogens is 230 g/mol. The van der Waals surface area contributed by atoms with Crippen LogP contribution in [0.4, 0.5) is 0 Å². The van der Waals surface area contributed by atoms with Gasteiger partial charge in [-0.1, -0.05) is 19.3 Å². The number of hydrogen-bond donors (Lipinski definition) is 2. The molecule has 100 valence electrons. The van der Waals surface area contributed by atoms with Crippen LogP contribution in [0.1, 0.15) is 51.4 Å². The van der Waals surface area contributed by atoms with E-state index < -0.39 is 0 Å². The highest BCUT2D eigenvalue weighted by molar-refractivity contribution is 7.99. The predicted molar refractivity (Wildman–Crippen MR) is 75.5 cm³/mol. The first-order valence-electron chi connectivity index (χ1n) is 7.15. The summed E-state index contributed by atoms with van der Waals surface area (Å²) in [5, 5.41) is 14.3. The van der Waals surface area contributed by atoms with Gasteiger partial charge in [-0.2, -0.15) is 11.8 Å². The Labute approximate surface area is 110 Å². The molecule has 2 saturated carbocycles. The molecule has 0 aromatic carbocycles. The second kappa shape index (κ2) is 6.44. The lowest BCUT2D eigenvalue weighted by atomic mass is 9.74. The van der Waals surface area contributed by atoms with Crippen molar-refractivity contribution in [1.82, 2.24) is 5.32 Å². The van der Waals surface area contributed by atoms with E-state index in [0.717, 1.165) is 11.8 Å². The zero-order valence-corrected chi connectivity index (χ0v) is 11.9. The van der Waals surface area contributed by atoms with Gasteiger partial charge >= 0.3 is 0 Å². The van der Waals surface area contributed by atoms with Crippen molar-refractivity contribution in [2.75, 3.05) is 19.4 Å². The molecule has 0 bridgehead atoms. The van der Waals surface area contributed by atoms with Crippen LogP contribution in [0.3, 0.4) is 0 Å². The highest BCUT2D eigenvalue weighted by atomic mass is 32.2. The molecule has 2 nitrogen and oxygen atoms in total. The molecule has 0 aliphatic heterocycles. The lowest BCUT2D eigenvalue weighted by Crippen LogP contribution is -2.42. The normalized spacial score (nSPS) is 32.8. The maximum atomic E-state index is 9.67. The molecule has 2 fully saturated rings. The van der Waals surface area contributed by atoms with Gasteiger partial charge in [0.15, 0.2) is 0 Å². The van der Waals surface area contributed by atoms with E-state index in [0.29, 0.717) is 12.6 Å². The molecule has 2 rings (SSSR count). The van der Waals surface area contributed by atoms with Crippen molar-refractivity contribution < 1.29 is 5.11 Å². The SMILES string of the molecule is CSC1CCC(NCC2(CO)CCCCC2)C1. The lowest BCUT2D eigenvalue weighted by Gasteiger charge is -2.36. The quantitative estimate of drug-likeness (QED) is 0.794. The third-order valence-electron chi connectivity index (χ3n) is 4.73. The highest BCUT2D eigenvalue weighted by Gasteiger charge is 2.33. The summed E-state index contributed by atoms with van der Waals surface area (Å²) in [6.45, 7) is 1.41. The summed E-state index contributed by atoms with van der Waals surface area (Å²) in [5.74, 6) is 0. The minimum Gasteiger partial charge on any atom is -0.396 e. The molecule has 17 heavy (non-hydrogen) atoms. The largest absolute Gasteiger partial charge is 0.396 e. The first kappa shape index (κ1) is 13.7. The molecule has 0 amide bonds. The van der Waals surface area contributed by atoms with Crippen LogP contribution in [-0.2, 0) is 0 Å². The molecule has 0 radical (unpaired) electrons. The summed E-state index contributed by atoms with van der Waals surface area (Å²) >= 11 is 2.01. The molecule has 0 aromatic heterocycles. The van der Waals surface area contributed by atoms with Crippen molar-refractivity contribution in [2.24, 2.45) is 5.41 Å². The minimum atomic E-state index is 0.204. The monoisotopic (exact) mass is 257 g/mol. The maximum Gasteiger partial charge on any atom is 0.0499 e. The Hall–Kier alpha value is 0.270. The smallest absolute Gasteiger partial charge is 0.0499 e. The molecule has 3 heteroatoms. The number of hydrogen-bond acceptors (Lipinski definition) is 3. The molecule has 2 N–H and O–H groups in total. The Kier molecular flexibility index (Phi) is 5.19. The summed E-state index contributed by atoms with van der Waals surface area (Å²) < 4.78 is 0. The number of aliphatic hydroxyl groups is 1. The van der Waals surface area contributed by atoms with Crippen molar-refractivity contribution in [2.45, 2.75) is 62.7 Å². The maximum absolute atomic E-state index is 9.67. The molecule has 0 aromatic rings. The molecule has 2 atom stereocenters. The summed E-state index contributed by atoms with van der Waals surface area (Å²) in [6, 6.07) is 0.706. The summed E-state index contributed by atoms with van der Waals surface area (Å²) in [7, 11) is 0. The molecule has 2 aliphatic rings. The van der Waals surface area contributed by atoms with Crippen molar-refractivity contribution in [1.29, 1.82) is 0 Å². The van der Waals surface area contributed by atoms with E-state index in [4.69, 9.17) is 0 Å². The molecule has 0 heterocycles. The van der Waals surface area contributed by atoms with Gasteiger partial charge in [0.1, 0.15) is 0 Å². The molecule has 2 aliphatic carbocycles. The van der Waals surface area contributed by atoms with Gasteiger partial charge in [-0.05, 0) is 38.4 Å². The van der Waals surface area contributed by atoms with Gasteiger partial charge in [-0.25, -0.2) is 0 Å². The van der Waals surface area contributed by atoms with Crippen LogP contribution in [0, 0.1) is 5.41 Å². The van der Waals surface area contributed by atoms with Crippen LogP contribution >= 0.6 is 11.8 Å². The van der Waals surface area contributed by atoms with Crippen molar-refractivity contribution in [3.63, 3.8) is 0 Å². The molecule has 2 unspecified atom stereocenters. The molecule has 0 saturated heterocycles. The first-order chi connectivity index (χ1) is 8.28. The van der Waals surface area contributed by atoms with E-state index in [1.807, 2.05) is 11.8 Å². The standard InChI is InChI=1S/C14H27NOS/c1-17-13-6-5-12(9-13)15-10-14(11-16)7-3-2-4-8-14/h12-13,15-16H,2-11H2,1H3. The van der Waals surface area contributed by atoms with E-state index in [1.54, 1.807) is 0 Å². The fourth-order valence-corrected chi connectivity index (χ4v) is 4.19. The molecule has 0 spiro atoms. The number of thioether (sulfide) groups is 1. The van der Waals surface area contributed by atoms with E-state index >= 15 is 0 Å². The van der Waals surface area contributed by atoms with Crippen LogP contribution in [0.5, 0.6) is 0 Å². The Morgan fingerprint density at radius 1 is 1.24 bits per heavy atom. The topological polar surface area (TPSA) is 32.3 Å². The van der Waals surface area contributed by atoms with Crippen LogP contribution in [0.25, 0.3) is 0 Å². The van der Waals surface area contributed by atoms with E-state index in [-0.39, 0.29) is 5.41 Å². The van der Waals surface area contributed by atoms with Gasteiger partial charge in [-0.15, -0.1) is 0 Å². The van der Waals surface area contributed by atoms with Crippen LogP contribution in [-0.4, -0.2) is 35.8 Å². The zero-order chi connectivity index (χ0) is 12.1. The number of rotatable bonds is 5. The lowest BCUT2D eigenvalue weighted by molar-refractivity contribution is 0.0785. The fourth-order valence-electron chi connectivity index (χ4n) is 3.39. The van der Waals surface area contributed by atoms with Gasteiger partial charge in [0.2, 0.25) is 0 Å². The van der Waals surface area contributed by atoms with Gasteiger partial charge < -0.3 is 10.4 Å². The van der Waals surface area contributed by atoms with E-state index in [9.17, 15) is 5.11 Å². The second-order valence-electron chi connectivity index (χ2n) is 5.97. The van der Waals surface area contributed by atoms with Crippen LogP contribution in [0.15, 0.2) is 0 Å². The number of nitrogens with one attached hydrogen (secondary N) is 1. The Bertz CT molecular complexity index is 228. The number of aliphatic hydroxyl groups excluding tert-OH is 1. The zero-order valence-electron chi connectivity index (χ0n) is 11.1. The average molecular weight is 257 g/mol.